The van der Waals surface area contributed by atoms with Crippen molar-refractivity contribution >= 4 is 21.6 Å². The third-order valence-corrected chi connectivity index (χ3v) is 0.577. The fraction of sp³-hybridized carbons (Fsp3) is 0. The summed E-state index contributed by atoms with van der Waals surface area (Å²) in [5.74, 6) is -1.70. The van der Waals surface area contributed by atoms with Crippen LogP contribution in [0.3, 0.4) is 0 Å². The molecule has 7 heavy (non-hydrogen) atoms. The third-order valence-electron chi connectivity index (χ3n) is 0.192. The predicted octanol–water partition coefficient (Wildman–Crippen LogP) is -2.58. The number of rotatable bonds is 1. The second kappa shape index (κ2) is 2.35. The summed E-state index contributed by atoms with van der Waals surface area (Å²) >= 11 is 0. The van der Waals surface area contributed by atoms with Crippen LogP contribution in [0.15, 0.2) is 0 Å². The average Bonchev–Trinajstić information content (AvgIpc) is 1.27. The van der Waals surface area contributed by atoms with Gasteiger partial charge in [-0.25, -0.2) is 0 Å². The molecule has 0 aliphatic carbocycles. The van der Waals surface area contributed by atoms with Gasteiger partial charge in [-0.1, -0.05) is 0 Å². The van der Waals surface area contributed by atoms with Crippen LogP contribution in [-0.4, -0.2) is 19.8 Å². The molecule has 4 nitrogen and oxygen atoms in total. The summed E-state index contributed by atoms with van der Waals surface area (Å²) in [4.78, 5) is 9.25. The van der Waals surface area contributed by atoms with Gasteiger partial charge in [-0.15, -0.1) is 0 Å². The van der Waals surface area contributed by atoms with E-state index in [0.29, 0.717) is 0 Å². The highest BCUT2D eigenvalue weighted by Gasteiger charge is 1.69. The lowest BCUT2D eigenvalue weighted by molar-refractivity contribution is -0.293. The van der Waals surface area contributed by atoms with Crippen molar-refractivity contribution in [3.8, 4) is 0 Å². The topological polar surface area (TPSA) is 74.3 Å². The van der Waals surface area contributed by atoms with Crippen molar-refractivity contribution in [3.05, 3.63) is 0 Å². The minimum Gasteiger partial charge on any atom is -0.544 e. The Kier molecular flexibility index (Phi) is 2.07. The molecule has 0 N–H and O–H groups in total. The molecule has 0 saturated heterocycles. The minimum atomic E-state index is -2.63. The van der Waals surface area contributed by atoms with Gasteiger partial charge in [0.25, 0.3) is 0 Å². The average molecular weight is 121 g/mol. The Hall–Kier alpha value is -0.840. The fourth-order valence-corrected chi connectivity index (χ4v) is 0.236. The zero-order valence-electron chi connectivity index (χ0n) is 3.12. The zero-order chi connectivity index (χ0) is 5.86. The maximum Gasteiger partial charge on any atom is 0.215 e. The van der Waals surface area contributed by atoms with Gasteiger partial charge in [-0.3, -0.25) is 0 Å². The fourth-order valence-electron chi connectivity index (χ4n) is 0.0786. The van der Waals surface area contributed by atoms with Gasteiger partial charge in [0.2, 0.25) is 10.3 Å². The van der Waals surface area contributed by atoms with Crippen LogP contribution in [0.1, 0.15) is 0 Å². The van der Waals surface area contributed by atoms with Crippen LogP contribution in [-0.2, 0) is 15.1 Å². The van der Waals surface area contributed by atoms with E-state index in [-0.39, 0.29) is 5.37 Å². The van der Waals surface area contributed by atoms with E-state index in [0.717, 1.165) is 0 Å². The molecular weight excluding hydrogens is 120 g/mol. The predicted molar refractivity (Wildman–Crippen MR) is 20.0 cm³/mol. The highest BCUT2D eigenvalue weighted by Crippen LogP contribution is 1.38. The van der Waals surface area contributed by atoms with Crippen molar-refractivity contribution in [1.29, 1.82) is 0 Å². The first-order valence-corrected chi connectivity index (χ1v) is 2.40. The molecule has 0 saturated carbocycles. The Bertz CT molecular complexity index is 178. The molecule has 0 aliphatic rings. The van der Waals surface area contributed by atoms with Gasteiger partial charge in [0.15, 0.2) is 0 Å². The van der Waals surface area contributed by atoms with Crippen LogP contribution in [0, 0.1) is 0 Å². The lowest BCUT2D eigenvalue weighted by Gasteiger charge is -1.79. The summed E-state index contributed by atoms with van der Waals surface area (Å²) in [6, 6.07) is 0. The molecule has 0 bridgehead atoms. The van der Waals surface area contributed by atoms with Crippen molar-refractivity contribution in [3.63, 3.8) is 0 Å². The highest BCUT2D eigenvalue weighted by molar-refractivity contribution is 7.72. The summed E-state index contributed by atoms with van der Waals surface area (Å²) in [7, 11) is -2.63. The summed E-state index contributed by atoms with van der Waals surface area (Å²) in [5, 5.41) is 9.31. The van der Waals surface area contributed by atoms with Gasteiger partial charge >= 0.3 is 0 Å². The Labute approximate surface area is 40.9 Å². The monoisotopic (exact) mass is 121 g/mol. The van der Waals surface area contributed by atoms with E-state index in [9.17, 15) is 18.3 Å². The van der Waals surface area contributed by atoms with Gasteiger partial charge in [-0.2, -0.15) is 8.42 Å². The first-order valence-electron chi connectivity index (χ1n) is 1.27. The molecule has 0 aromatic heterocycles. The molecular formula is C2HO4S-. The molecule has 5 heteroatoms. The number of carbonyl (C=O) groups excluding carboxylic acids is 1. The molecule has 0 rings (SSSR count). The van der Waals surface area contributed by atoms with E-state index in [2.05, 4.69) is 0 Å². The van der Waals surface area contributed by atoms with Crippen LogP contribution in [0.2, 0.25) is 0 Å². The molecule has 0 spiro atoms. The quantitative estimate of drug-likeness (QED) is 0.357. The molecule has 0 unspecified atom stereocenters. The Morgan fingerprint density at radius 3 is 2.00 bits per heavy atom. The van der Waals surface area contributed by atoms with Crippen molar-refractivity contribution in [1.82, 2.24) is 0 Å². The van der Waals surface area contributed by atoms with Crippen LogP contribution < -0.4 is 5.11 Å². The Morgan fingerprint density at radius 2 is 2.00 bits per heavy atom. The van der Waals surface area contributed by atoms with E-state index < -0.39 is 16.3 Å². The van der Waals surface area contributed by atoms with E-state index in [4.69, 9.17) is 0 Å². The largest absolute Gasteiger partial charge is 0.544 e. The van der Waals surface area contributed by atoms with Crippen molar-refractivity contribution in [2.75, 3.05) is 0 Å². The van der Waals surface area contributed by atoms with Crippen LogP contribution in [0.25, 0.3) is 0 Å². The Morgan fingerprint density at radius 1 is 1.57 bits per heavy atom. The number of carboxylic acids is 1. The Balaban J connectivity index is 4.26. The van der Waals surface area contributed by atoms with Gasteiger partial charge in [0.05, 0.1) is 11.3 Å². The van der Waals surface area contributed by atoms with Crippen LogP contribution in [0.5, 0.6) is 0 Å². The molecule has 0 aliphatic heterocycles. The SMILES string of the molecule is O=C([O-])C=S(=O)=O. The van der Waals surface area contributed by atoms with E-state index in [1.54, 1.807) is 0 Å². The molecule has 0 aromatic carbocycles. The number of aliphatic carboxylic acids is 1. The molecule has 0 aromatic rings. The maximum absolute atomic E-state index is 9.33. The van der Waals surface area contributed by atoms with Crippen molar-refractivity contribution in [2.45, 2.75) is 0 Å². The maximum atomic E-state index is 9.33. The zero-order valence-corrected chi connectivity index (χ0v) is 3.94. The van der Waals surface area contributed by atoms with Crippen LogP contribution >= 0.6 is 0 Å². The standard InChI is InChI=1S/C2H2O4S/c3-2(4)1-7(5)6/h1H,(H,3,4)/p-1. The summed E-state index contributed by atoms with van der Waals surface area (Å²) in [6.45, 7) is 0. The number of carboxylic acid groups (broad SMARTS) is 1. The van der Waals surface area contributed by atoms with Gasteiger partial charge in [0.1, 0.15) is 0 Å². The van der Waals surface area contributed by atoms with Gasteiger partial charge < -0.3 is 9.90 Å². The summed E-state index contributed by atoms with van der Waals surface area (Å²) in [6.07, 6.45) is 0. The molecule has 0 radical (unpaired) electrons. The second-order valence-electron chi connectivity index (χ2n) is 0.697. The minimum absolute atomic E-state index is 0.0556. The number of carbonyl (C=O) groups is 1. The molecule has 0 atom stereocenters. The van der Waals surface area contributed by atoms with E-state index in [1.807, 2.05) is 0 Å². The van der Waals surface area contributed by atoms with Gasteiger partial charge in [0, 0.05) is 0 Å². The van der Waals surface area contributed by atoms with Crippen molar-refractivity contribution < 1.29 is 18.3 Å². The summed E-state index contributed by atoms with van der Waals surface area (Å²) in [5.41, 5.74) is 0. The summed E-state index contributed by atoms with van der Waals surface area (Å²) < 4.78 is 18.7. The highest BCUT2D eigenvalue weighted by atomic mass is 32.2. The second-order valence-corrected chi connectivity index (χ2v) is 1.45. The molecule has 0 amide bonds. The molecule has 0 heterocycles. The van der Waals surface area contributed by atoms with Crippen LogP contribution in [0.4, 0.5) is 0 Å². The smallest absolute Gasteiger partial charge is 0.215 e. The van der Waals surface area contributed by atoms with E-state index >= 15 is 0 Å². The normalized spacial score (nSPS) is 7.43. The lowest BCUT2D eigenvalue weighted by atomic mass is 10.8. The van der Waals surface area contributed by atoms with E-state index in [1.165, 1.54) is 0 Å². The third kappa shape index (κ3) is 5.16. The number of hydrogen-bond donors (Lipinski definition) is 0. The number of hydrogen-bond acceptors (Lipinski definition) is 4. The van der Waals surface area contributed by atoms with Crippen molar-refractivity contribution in [2.24, 2.45) is 0 Å². The van der Waals surface area contributed by atoms with Gasteiger partial charge in [-0.05, 0) is 0 Å². The first kappa shape index (κ1) is 6.16. The first-order chi connectivity index (χ1) is 3.13. The molecule has 40 valence electrons. The molecule has 0 fully saturated rings. The lowest BCUT2D eigenvalue weighted by Crippen LogP contribution is -2.23.